The maximum atomic E-state index is 9.10. The summed E-state index contributed by atoms with van der Waals surface area (Å²) < 4.78 is 5.61. The van der Waals surface area contributed by atoms with Gasteiger partial charge in [0.05, 0.1) is 0 Å². The van der Waals surface area contributed by atoms with E-state index >= 15 is 0 Å². The number of hydrogen-bond acceptors (Lipinski definition) is 4. The molecule has 0 atom stereocenters. The van der Waals surface area contributed by atoms with Crippen molar-refractivity contribution in [3.8, 4) is 11.5 Å². The summed E-state index contributed by atoms with van der Waals surface area (Å²) in [5.41, 5.74) is 2.51. The topological polar surface area (TPSA) is 66.5 Å². The Morgan fingerprint density at radius 3 is 2.50 bits per heavy atom. The van der Waals surface area contributed by atoms with E-state index in [1.807, 2.05) is 30.3 Å². The molecule has 0 saturated heterocycles. The molecule has 0 amide bonds. The van der Waals surface area contributed by atoms with Crippen molar-refractivity contribution >= 4 is 23.7 Å². The van der Waals surface area contributed by atoms with Gasteiger partial charge in [0.15, 0.2) is 5.58 Å². The van der Waals surface area contributed by atoms with Crippen LogP contribution in [0.15, 0.2) is 52.9 Å². The predicted octanol–water partition coefficient (Wildman–Crippen LogP) is 1.17. The lowest BCUT2D eigenvalue weighted by molar-refractivity contribution is 0.425. The molecule has 5 heteroatoms. The molecule has 18 heavy (non-hydrogen) atoms. The lowest BCUT2D eigenvalue weighted by atomic mass is 9.80. The number of hydrogen-bond donors (Lipinski definition) is 2. The quantitative estimate of drug-likeness (QED) is 0.659. The third-order valence-corrected chi connectivity index (χ3v) is 2.73. The van der Waals surface area contributed by atoms with Crippen LogP contribution in [0.4, 0.5) is 0 Å². The number of fused-ring (bicyclic) bond motifs is 1. The standard InChI is InChI=1S/C13H10BNO3/c16-14(17)10-6-7-11-12(8-10)18-13(15-11)9-4-2-1-3-5-9/h1-8,16-17H. The molecule has 88 valence electrons. The highest BCUT2D eigenvalue weighted by atomic mass is 16.4. The van der Waals surface area contributed by atoms with E-state index in [0.29, 0.717) is 22.5 Å². The Morgan fingerprint density at radius 1 is 1.00 bits per heavy atom. The van der Waals surface area contributed by atoms with Crippen LogP contribution in [0.3, 0.4) is 0 Å². The van der Waals surface area contributed by atoms with Crippen molar-refractivity contribution in [1.82, 2.24) is 4.98 Å². The summed E-state index contributed by atoms with van der Waals surface area (Å²) in [6, 6.07) is 14.5. The second kappa shape index (κ2) is 4.29. The Labute approximate surface area is 104 Å². The van der Waals surface area contributed by atoms with Crippen molar-refractivity contribution < 1.29 is 14.5 Å². The molecule has 0 aliphatic rings. The smallest absolute Gasteiger partial charge is 0.436 e. The van der Waals surface area contributed by atoms with Crippen LogP contribution in [0.2, 0.25) is 0 Å². The van der Waals surface area contributed by atoms with E-state index < -0.39 is 7.12 Å². The lowest BCUT2D eigenvalue weighted by Crippen LogP contribution is -2.29. The zero-order chi connectivity index (χ0) is 12.5. The zero-order valence-corrected chi connectivity index (χ0v) is 9.45. The Kier molecular flexibility index (Phi) is 2.62. The summed E-state index contributed by atoms with van der Waals surface area (Å²) in [4.78, 5) is 4.35. The number of oxazole rings is 1. The summed E-state index contributed by atoms with van der Waals surface area (Å²) in [5, 5.41) is 18.2. The largest absolute Gasteiger partial charge is 0.488 e. The summed E-state index contributed by atoms with van der Waals surface area (Å²) in [7, 11) is -1.50. The molecule has 2 N–H and O–H groups in total. The zero-order valence-electron chi connectivity index (χ0n) is 9.45. The molecular weight excluding hydrogens is 229 g/mol. The van der Waals surface area contributed by atoms with Crippen LogP contribution in [0.1, 0.15) is 0 Å². The fourth-order valence-electron chi connectivity index (χ4n) is 1.81. The minimum absolute atomic E-state index is 0.387. The number of aromatic nitrogens is 1. The maximum Gasteiger partial charge on any atom is 0.488 e. The summed E-state index contributed by atoms with van der Waals surface area (Å²) in [6.45, 7) is 0. The van der Waals surface area contributed by atoms with Gasteiger partial charge in [-0.1, -0.05) is 24.3 Å². The van der Waals surface area contributed by atoms with E-state index in [2.05, 4.69) is 4.98 Å². The maximum absolute atomic E-state index is 9.10. The molecule has 3 rings (SSSR count). The van der Waals surface area contributed by atoms with Gasteiger partial charge >= 0.3 is 7.12 Å². The van der Waals surface area contributed by atoms with E-state index in [4.69, 9.17) is 14.5 Å². The number of benzene rings is 2. The molecule has 4 nitrogen and oxygen atoms in total. The first-order valence-corrected chi connectivity index (χ1v) is 5.56. The minimum atomic E-state index is -1.50. The summed E-state index contributed by atoms with van der Waals surface area (Å²) >= 11 is 0. The summed E-state index contributed by atoms with van der Waals surface area (Å²) in [6.07, 6.45) is 0. The second-order valence-electron chi connectivity index (χ2n) is 3.99. The van der Waals surface area contributed by atoms with Crippen LogP contribution >= 0.6 is 0 Å². The third-order valence-electron chi connectivity index (χ3n) is 2.73. The van der Waals surface area contributed by atoms with Gasteiger partial charge in [-0.3, -0.25) is 0 Å². The molecular formula is C13H10BNO3. The van der Waals surface area contributed by atoms with Crippen LogP contribution in [-0.2, 0) is 0 Å². The molecule has 0 bridgehead atoms. The number of nitrogens with zero attached hydrogens (tertiary/aromatic N) is 1. The first-order valence-electron chi connectivity index (χ1n) is 5.56. The van der Waals surface area contributed by atoms with E-state index in [1.54, 1.807) is 18.2 Å². The van der Waals surface area contributed by atoms with Gasteiger partial charge in [-0.05, 0) is 29.7 Å². The lowest BCUT2D eigenvalue weighted by Gasteiger charge is -1.96. The fraction of sp³-hybridized carbons (Fsp3) is 0. The predicted molar refractivity (Wildman–Crippen MR) is 69.3 cm³/mol. The van der Waals surface area contributed by atoms with Crippen molar-refractivity contribution in [3.05, 3.63) is 48.5 Å². The van der Waals surface area contributed by atoms with Crippen molar-refractivity contribution in [2.45, 2.75) is 0 Å². The Balaban J connectivity index is 2.11. The molecule has 1 aromatic heterocycles. The molecule has 0 aliphatic carbocycles. The van der Waals surface area contributed by atoms with Crippen molar-refractivity contribution in [2.24, 2.45) is 0 Å². The average Bonchev–Trinajstić information content (AvgIpc) is 2.82. The molecule has 2 aromatic carbocycles. The van der Waals surface area contributed by atoms with E-state index in [-0.39, 0.29) is 0 Å². The van der Waals surface area contributed by atoms with E-state index in [9.17, 15) is 0 Å². The molecule has 0 unspecified atom stereocenters. The van der Waals surface area contributed by atoms with Gasteiger partial charge in [0.2, 0.25) is 5.89 Å². The first kappa shape index (κ1) is 11.0. The Morgan fingerprint density at radius 2 is 1.78 bits per heavy atom. The fourth-order valence-corrected chi connectivity index (χ4v) is 1.81. The highest BCUT2D eigenvalue weighted by Gasteiger charge is 2.14. The highest BCUT2D eigenvalue weighted by Crippen LogP contribution is 2.23. The minimum Gasteiger partial charge on any atom is -0.436 e. The first-order chi connectivity index (χ1) is 8.74. The van der Waals surface area contributed by atoms with Gasteiger partial charge in [0.1, 0.15) is 5.52 Å². The van der Waals surface area contributed by atoms with Gasteiger partial charge in [0.25, 0.3) is 0 Å². The van der Waals surface area contributed by atoms with Crippen molar-refractivity contribution in [3.63, 3.8) is 0 Å². The van der Waals surface area contributed by atoms with Gasteiger partial charge < -0.3 is 14.5 Å². The third kappa shape index (κ3) is 1.90. The van der Waals surface area contributed by atoms with Crippen LogP contribution in [0.5, 0.6) is 0 Å². The normalized spacial score (nSPS) is 10.8. The van der Waals surface area contributed by atoms with Crippen LogP contribution in [0, 0.1) is 0 Å². The van der Waals surface area contributed by atoms with Crippen LogP contribution < -0.4 is 5.46 Å². The molecule has 1 heterocycles. The van der Waals surface area contributed by atoms with Gasteiger partial charge in [-0.2, -0.15) is 0 Å². The molecule has 0 aliphatic heterocycles. The molecule has 3 aromatic rings. The average molecular weight is 239 g/mol. The molecule has 0 spiro atoms. The second-order valence-corrected chi connectivity index (χ2v) is 3.99. The van der Waals surface area contributed by atoms with Gasteiger partial charge in [0, 0.05) is 5.56 Å². The monoisotopic (exact) mass is 239 g/mol. The molecule has 0 radical (unpaired) electrons. The van der Waals surface area contributed by atoms with Gasteiger partial charge in [-0.15, -0.1) is 0 Å². The van der Waals surface area contributed by atoms with Crippen molar-refractivity contribution in [1.29, 1.82) is 0 Å². The SMILES string of the molecule is OB(O)c1ccc2nc(-c3ccccc3)oc2c1. The molecule has 0 saturated carbocycles. The van der Waals surface area contributed by atoms with E-state index in [1.165, 1.54) is 0 Å². The Hall–Kier alpha value is -2.11. The molecule has 0 fully saturated rings. The Bertz CT molecular complexity index is 679. The number of rotatable bonds is 2. The van der Waals surface area contributed by atoms with Crippen molar-refractivity contribution in [2.75, 3.05) is 0 Å². The van der Waals surface area contributed by atoms with Crippen LogP contribution in [-0.4, -0.2) is 22.2 Å². The highest BCUT2D eigenvalue weighted by molar-refractivity contribution is 6.58. The van der Waals surface area contributed by atoms with Gasteiger partial charge in [-0.25, -0.2) is 4.98 Å². The van der Waals surface area contributed by atoms with E-state index in [0.717, 1.165) is 5.56 Å². The summed E-state index contributed by atoms with van der Waals surface area (Å²) in [5.74, 6) is 0.523. The van der Waals surface area contributed by atoms with Crippen LogP contribution in [0.25, 0.3) is 22.6 Å².